The maximum atomic E-state index is 12.8. The highest BCUT2D eigenvalue weighted by Crippen LogP contribution is 2.23. The topological polar surface area (TPSA) is 155 Å². The quantitative estimate of drug-likeness (QED) is 0.157. The molecule has 1 aromatic carbocycles. The smallest absolute Gasteiger partial charge is 0.242 e. The molecule has 0 aliphatic carbocycles. The number of imidazole rings is 1. The summed E-state index contributed by atoms with van der Waals surface area (Å²) < 4.78 is 23.5. The number of nitrogens with zero attached hydrogens (tertiary/aromatic N) is 8. The summed E-state index contributed by atoms with van der Waals surface area (Å²) in [6, 6.07) is 7.95. The number of carbonyl (C=O) groups excluding carboxylic acids is 1. The minimum atomic E-state index is 0.0469. The molecule has 2 N–H and O–H groups in total. The van der Waals surface area contributed by atoms with Crippen molar-refractivity contribution < 1.29 is 28.6 Å². The molecule has 5 rings (SSSR count). The number of amides is 1. The predicted octanol–water partition coefficient (Wildman–Crippen LogP) is 0.292. The molecule has 3 aromatic rings. The van der Waals surface area contributed by atoms with E-state index in [4.69, 9.17) is 44.8 Å². The molecule has 42 heavy (non-hydrogen) atoms. The monoisotopic (exact) mass is 585 g/mol. The first kappa shape index (κ1) is 30.0. The number of aromatic nitrogens is 5. The number of hydrogen-bond acceptors (Lipinski definition) is 13. The SMILES string of the molecule is Cc1nc2ccccc2n1-c1nc(N2CCOCC2)nc(N2CCN(C(=O)CCOCOCCOCCON)CC2)n1. The van der Waals surface area contributed by atoms with Crippen LogP contribution in [0.25, 0.3) is 17.0 Å². The zero-order chi connectivity index (χ0) is 29.1. The standard InChI is InChI=1S/C27H39N9O6/c1-21-29-22-4-2-3-5-23(22)36(21)27-31-25(30-26(32-27)35-11-14-38-15-12-35)34-9-7-33(8-10-34)24(37)6-13-40-20-41-17-16-39-18-19-42-28/h2-5H,6-20,28H2,1H3. The molecule has 0 bridgehead atoms. The summed E-state index contributed by atoms with van der Waals surface area (Å²) in [4.78, 5) is 42.6. The van der Waals surface area contributed by atoms with Gasteiger partial charge >= 0.3 is 0 Å². The second-order valence-corrected chi connectivity index (χ2v) is 9.85. The molecule has 2 fully saturated rings. The van der Waals surface area contributed by atoms with E-state index in [2.05, 4.69) is 14.6 Å². The first-order valence-electron chi connectivity index (χ1n) is 14.2. The van der Waals surface area contributed by atoms with Gasteiger partial charge in [-0.1, -0.05) is 12.1 Å². The van der Waals surface area contributed by atoms with Crippen LogP contribution >= 0.6 is 0 Å². The number of anilines is 2. The van der Waals surface area contributed by atoms with Crippen molar-refractivity contribution in [2.24, 2.45) is 5.90 Å². The third kappa shape index (κ3) is 7.67. The summed E-state index contributed by atoms with van der Waals surface area (Å²) in [5, 5.41) is 0. The van der Waals surface area contributed by atoms with E-state index in [0.29, 0.717) is 103 Å². The van der Waals surface area contributed by atoms with Gasteiger partial charge in [0.25, 0.3) is 0 Å². The van der Waals surface area contributed by atoms with E-state index in [1.807, 2.05) is 40.7 Å². The lowest BCUT2D eigenvalue weighted by molar-refractivity contribution is -0.134. The summed E-state index contributed by atoms with van der Waals surface area (Å²) in [5.41, 5.74) is 1.82. The van der Waals surface area contributed by atoms with E-state index in [1.54, 1.807) is 0 Å². The molecule has 228 valence electrons. The van der Waals surface area contributed by atoms with Crippen LogP contribution in [0.1, 0.15) is 12.2 Å². The van der Waals surface area contributed by atoms with Crippen molar-refractivity contribution in [3.63, 3.8) is 0 Å². The number of nitrogens with two attached hydrogens (primary N) is 1. The molecule has 2 saturated heterocycles. The van der Waals surface area contributed by atoms with Crippen molar-refractivity contribution in [1.29, 1.82) is 0 Å². The van der Waals surface area contributed by atoms with Crippen LogP contribution in [-0.4, -0.2) is 128 Å². The Morgan fingerprint density at radius 3 is 2.21 bits per heavy atom. The highest BCUT2D eigenvalue weighted by Gasteiger charge is 2.26. The van der Waals surface area contributed by atoms with Crippen molar-refractivity contribution in [3.8, 4) is 5.95 Å². The van der Waals surface area contributed by atoms with Gasteiger partial charge in [0.15, 0.2) is 0 Å². The van der Waals surface area contributed by atoms with Crippen molar-refractivity contribution in [3.05, 3.63) is 30.1 Å². The lowest BCUT2D eigenvalue weighted by Crippen LogP contribution is -2.49. The fourth-order valence-electron chi connectivity index (χ4n) is 4.87. The molecular weight excluding hydrogens is 546 g/mol. The van der Waals surface area contributed by atoms with Crippen LogP contribution in [0.4, 0.5) is 11.9 Å². The maximum absolute atomic E-state index is 12.8. The Morgan fingerprint density at radius 2 is 1.45 bits per heavy atom. The van der Waals surface area contributed by atoms with Gasteiger partial charge in [0.1, 0.15) is 12.6 Å². The van der Waals surface area contributed by atoms with Gasteiger partial charge in [0.2, 0.25) is 23.8 Å². The fourth-order valence-corrected chi connectivity index (χ4v) is 4.87. The minimum absolute atomic E-state index is 0.0469. The molecule has 0 spiro atoms. The molecule has 15 heteroatoms. The number of hydrogen-bond donors (Lipinski definition) is 1. The summed E-state index contributed by atoms with van der Waals surface area (Å²) >= 11 is 0. The van der Waals surface area contributed by atoms with E-state index in [-0.39, 0.29) is 19.1 Å². The van der Waals surface area contributed by atoms with Crippen LogP contribution in [0, 0.1) is 6.92 Å². The molecule has 15 nitrogen and oxygen atoms in total. The highest BCUT2D eigenvalue weighted by molar-refractivity contribution is 5.78. The van der Waals surface area contributed by atoms with E-state index >= 15 is 0 Å². The first-order valence-corrected chi connectivity index (χ1v) is 14.2. The van der Waals surface area contributed by atoms with Gasteiger partial charge in [-0.2, -0.15) is 15.0 Å². The number of benzene rings is 1. The number of ether oxygens (including phenoxy) is 4. The average molecular weight is 586 g/mol. The number of carbonyl (C=O) groups is 1. The van der Waals surface area contributed by atoms with Gasteiger partial charge in [0.05, 0.1) is 63.7 Å². The van der Waals surface area contributed by atoms with Gasteiger partial charge in [0, 0.05) is 39.3 Å². The zero-order valence-corrected chi connectivity index (χ0v) is 24.0. The molecule has 4 heterocycles. The molecule has 0 unspecified atom stereocenters. The van der Waals surface area contributed by atoms with Crippen LogP contribution in [0.15, 0.2) is 24.3 Å². The van der Waals surface area contributed by atoms with Crippen molar-refractivity contribution in [2.45, 2.75) is 13.3 Å². The van der Waals surface area contributed by atoms with E-state index in [0.717, 1.165) is 16.9 Å². The molecular formula is C27H39N9O6. The molecule has 2 aliphatic heterocycles. The van der Waals surface area contributed by atoms with Crippen molar-refractivity contribution >= 4 is 28.8 Å². The number of para-hydroxylation sites is 2. The summed E-state index contributed by atoms with van der Waals surface area (Å²) in [6.45, 7) is 8.94. The average Bonchev–Trinajstić information content (AvgIpc) is 3.37. The normalized spacial score (nSPS) is 16.0. The fraction of sp³-hybridized carbons (Fsp3) is 0.593. The Hall–Kier alpha value is -3.47. The Bertz CT molecular complexity index is 1290. The van der Waals surface area contributed by atoms with Gasteiger partial charge in [-0.15, -0.1) is 0 Å². The van der Waals surface area contributed by atoms with E-state index in [1.165, 1.54) is 0 Å². The maximum Gasteiger partial charge on any atom is 0.242 e. The Balaban J connectivity index is 1.18. The van der Waals surface area contributed by atoms with Crippen molar-refractivity contribution in [1.82, 2.24) is 29.4 Å². The van der Waals surface area contributed by atoms with Gasteiger partial charge in [-0.25, -0.2) is 10.9 Å². The van der Waals surface area contributed by atoms with Gasteiger partial charge < -0.3 is 38.5 Å². The van der Waals surface area contributed by atoms with Gasteiger partial charge in [-0.05, 0) is 19.1 Å². The molecule has 0 radical (unpaired) electrons. The third-order valence-electron chi connectivity index (χ3n) is 7.08. The molecule has 0 atom stereocenters. The summed E-state index contributed by atoms with van der Waals surface area (Å²) in [6.07, 6.45) is 0.289. The van der Waals surface area contributed by atoms with Crippen molar-refractivity contribution in [2.75, 3.05) is 102 Å². The number of rotatable bonds is 14. The Morgan fingerprint density at radius 1 is 0.810 bits per heavy atom. The number of morpholine rings is 1. The lowest BCUT2D eigenvalue weighted by Gasteiger charge is -2.35. The number of piperazine rings is 1. The number of fused-ring (bicyclic) bond motifs is 1. The van der Waals surface area contributed by atoms with E-state index in [9.17, 15) is 4.79 Å². The summed E-state index contributed by atoms with van der Waals surface area (Å²) in [5.74, 6) is 7.51. The highest BCUT2D eigenvalue weighted by atomic mass is 16.7. The van der Waals surface area contributed by atoms with Crippen LogP contribution in [0.3, 0.4) is 0 Å². The molecule has 2 aromatic heterocycles. The second-order valence-electron chi connectivity index (χ2n) is 9.85. The van der Waals surface area contributed by atoms with Crippen LogP contribution < -0.4 is 15.7 Å². The number of aryl methyl sites for hydroxylation is 1. The van der Waals surface area contributed by atoms with Crippen LogP contribution in [0.2, 0.25) is 0 Å². The second kappa shape index (κ2) is 15.1. The first-order chi connectivity index (χ1) is 20.6. The van der Waals surface area contributed by atoms with E-state index < -0.39 is 0 Å². The largest absolute Gasteiger partial charge is 0.378 e. The molecule has 0 saturated carbocycles. The molecule has 2 aliphatic rings. The third-order valence-corrected chi connectivity index (χ3v) is 7.08. The Labute approximate surface area is 244 Å². The lowest BCUT2D eigenvalue weighted by atomic mass is 10.3. The minimum Gasteiger partial charge on any atom is -0.378 e. The summed E-state index contributed by atoms with van der Waals surface area (Å²) in [7, 11) is 0. The van der Waals surface area contributed by atoms with Crippen LogP contribution in [-0.2, 0) is 28.6 Å². The molecule has 1 amide bonds. The zero-order valence-electron chi connectivity index (χ0n) is 24.0. The predicted molar refractivity (Wildman–Crippen MR) is 153 cm³/mol. The van der Waals surface area contributed by atoms with Gasteiger partial charge in [-0.3, -0.25) is 9.36 Å². The van der Waals surface area contributed by atoms with Crippen LogP contribution in [0.5, 0.6) is 0 Å². The Kier molecular flexibility index (Phi) is 10.8.